The molecule has 1 aliphatic rings. The van der Waals surface area contributed by atoms with Crippen LogP contribution in [0.3, 0.4) is 0 Å². The van der Waals surface area contributed by atoms with Gasteiger partial charge in [-0.3, -0.25) is 10.1 Å². The molecule has 1 heterocycles. The Morgan fingerprint density at radius 1 is 1.53 bits per heavy atom. The molecule has 4 nitrogen and oxygen atoms in total. The van der Waals surface area contributed by atoms with Gasteiger partial charge in [0.2, 0.25) is 5.91 Å². The number of rotatable bonds is 5. The summed E-state index contributed by atoms with van der Waals surface area (Å²) in [6.07, 6.45) is 0.812. The fourth-order valence-corrected chi connectivity index (χ4v) is 3.06. The molecule has 0 saturated carbocycles. The van der Waals surface area contributed by atoms with Gasteiger partial charge in [0, 0.05) is 25.2 Å². The Morgan fingerprint density at radius 3 is 3.00 bits per heavy atom. The second-order valence-electron chi connectivity index (χ2n) is 4.59. The molecule has 0 unspecified atom stereocenters. The van der Waals surface area contributed by atoms with Crippen molar-refractivity contribution in [2.24, 2.45) is 0 Å². The third-order valence-electron chi connectivity index (χ3n) is 3.30. The first-order valence-corrected chi connectivity index (χ1v) is 7.56. The van der Waals surface area contributed by atoms with Crippen LogP contribution < -0.4 is 10.1 Å². The van der Waals surface area contributed by atoms with Crippen LogP contribution in [0.5, 0.6) is 5.75 Å². The second-order valence-corrected chi connectivity index (χ2v) is 5.62. The normalized spacial score (nSPS) is 18.3. The Balaban J connectivity index is 1.88. The zero-order valence-corrected chi connectivity index (χ0v) is 12.2. The molecular weight excluding hydrogens is 260 g/mol. The Kier molecular flexibility index (Phi) is 5.10. The molecule has 0 radical (unpaired) electrons. The molecule has 19 heavy (non-hydrogen) atoms. The highest BCUT2D eigenvalue weighted by atomic mass is 32.2. The zero-order valence-electron chi connectivity index (χ0n) is 11.4. The number of hydrogen-bond acceptors (Lipinski definition) is 4. The monoisotopic (exact) mass is 280 g/mol. The molecule has 1 aromatic rings. The van der Waals surface area contributed by atoms with Crippen LogP contribution in [-0.2, 0) is 11.2 Å². The summed E-state index contributed by atoms with van der Waals surface area (Å²) in [4.78, 5) is 13.9. The number of nitrogens with one attached hydrogen (secondary N) is 1. The SMILES string of the molecule is COc1ccccc1CCN(C)C(=O)[C@H]1CSCN1. The van der Waals surface area contributed by atoms with E-state index in [1.807, 2.05) is 31.3 Å². The van der Waals surface area contributed by atoms with Crippen LogP contribution in [-0.4, -0.2) is 49.2 Å². The number of ether oxygens (including phenoxy) is 1. The van der Waals surface area contributed by atoms with Gasteiger partial charge in [-0.1, -0.05) is 18.2 Å². The van der Waals surface area contributed by atoms with Crippen LogP contribution in [0, 0.1) is 0 Å². The van der Waals surface area contributed by atoms with Crippen LogP contribution in [0.2, 0.25) is 0 Å². The minimum absolute atomic E-state index is 0.0207. The summed E-state index contributed by atoms with van der Waals surface area (Å²) < 4.78 is 5.32. The minimum atomic E-state index is -0.0207. The van der Waals surface area contributed by atoms with Crippen LogP contribution in [0.1, 0.15) is 5.56 Å². The first-order valence-electron chi connectivity index (χ1n) is 6.40. The largest absolute Gasteiger partial charge is 0.496 e. The smallest absolute Gasteiger partial charge is 0.240 e. The van der Waals surface area contributed by atoms with Crippen molar-refractivity contribution in [1.82, 2.24) is 10.2 Å². The van der Waals surface area contributed by atoms with Crippen LogP contribution in [0.15, 0.2) is 24.3 Å². The van der Waals surface area contributed by atoms with E-state index in [0.29, 0.717) is 6.54 Å². The quantitative estimate of drug-likeness (QED) is 0.884. The average Bonchev–Trinajstić information content (AvgIpc) is 2.98. The molecule has 0 bridgehead atoms. The first kappa shape index (κ1) is 14.2. The number of nitrogens with zero attached hydrogens (tertiary/aromatic N) is 1. The van der Waals surface area contributed by atoms with Crippen LogP contribution in [0.25, 0.3) is 0 Å². The van der Waals surface area contributed by atoms with Gasteiger partial charge in [-0.25, -0.2) is 0 Å². The average molecular weight is 280 g/mol. The van der Waals surface area contributed by atoms with Gasteiger partial charge in [0.15, 0.2) is 0 Å². The molecule has 0 aliphatic carbocycles. The maximum absolute atomic E-state index is 12.1. The van der Waals surface area contributed by atoms with Crippen molar-refractivity contribution in [2.45, 2.75) is 12.5 Å². The summed E-state index contributed by atoms with van der Waals surface area (Å²) in [5, 5.41) is 3.21. The number of likely N-dealkylation sites (N-methyl/N-ethyl adjacent to an activating group) is 1. The van der Waals surface area contributed by atoms with Crippen molar-refractivity contribution < 1.29 is 9.53 Å². The molecule has 0 spiro atoms. The van der Waals surface area contributed by atoms with Crippen molar-refractivity contribution >= 4 is 17.7 Å². The molecule has 1 N–H and O–H groups in total. The number of thioether (sulfide) groups is 1. The Bertz CT molecular complexity index is 433. The van der Waals surface area contributed by atoms with Crippen molar-refractivity contribution in [1.29, 1.82) is 0 Å². The maximum atomic E-state index is 12.1. The van der Waals surface area contributed by atoms with Crippen molar-refractivity contribution in [3.8, 4) is 5.75 Å². The number of hydrogen-bond donors (Lipinski definition) is 1. The number of carbonyl (C=O) groups excluding carboxylic acids is 1. The molecule has 1 atom stereocenters. The van der Waals surface area contributed by atoms with Crippen molar-refractivity contribution in [2.75, 3.05) is 32.3 Å². The lowest BCUT2D eigenvalue weighted by Crippen LogP contribution is -2.43. The standard InChI is InChI=1S/C14H20N2O2S/c1-16(14(17)12-9-19-10-15-12)8-7-11-5-3-4-6-13(11)18-2/h3-6,12,15H,7-10H2,1-2H3/t12-/m1/s1. The second kappa shape index (κ2) is 6.82. The Labute approximate surface area is 118 Å². The van der Waals surface area contributed by atoms with E-state index < -0.39 is 0 Å². The first-order chi connectivity index (χ1) is 9.22. The van der Waals surface area contributed by atoms with Crippen molar-refractivity contribution in [3.63, 3.8) is 0 Å². The Hall–Kier alpha value is -1.20. The van der Waals surface area contributed by atoms with Gasteiger partial charge >= 0.3 is 0 Å². The number of amides is 1. The van der Waals surface area contributed by atoms with Crippen LogP contribution >= 0.6 is 11.8 Å². The predicted octanol–water partition coefficient (Wildman–Crippen LogP) is 1.36. The molecule has 1 saturated heterocycles. The molecule has 1 aromatic carbocycles. The van der Waals surface area contributed by atoms with E-state index in [2.05, 4.69) is 5.32 Å². The number of methoxy groups -OCH3 is 1. The summed E-state index contributed by atoms with van der Waals surface area (Å²) in [5.41, 5.74) is 1.14. The van der Waals surface area contributed by atoms with E-state index in [4.69, 9.17) is 4.74 Å². The highest BCUT2D eigenvalue weighted by Crippen LogP contribution is 2.18. The fraction of sp³-hybridized carbons (Fsp3) is 0.500. The summed E-state index contributed by atoms with van der Waals surface area (Å²) in [6.45, 7) is 0.710. The highest BCUT2D eigenvalue weighted by Gasteiger charge is 2.25. The molecule has 1 aliphatic heterocycles. The summed E-state index contributed by atoms with van der Waals surface area (Å²) in [6, 6.07) is 7.92. The molecule has 5 heteroatoms. The number of benzene rings is 1. The molecule has 0 aromatic heterocycles. The fourth-order valence-electron chi connectivity index (χ4n) is 2.13. The summed E-state index contributed by atoms with van der Waals surface area (Å²) in [5.74, 6) is 2.81. The maximum Gasteiger partial charge on any atom is 0.240 e. The summed E-state index contributed by atoms with van der Waals surface area (Å²) >= 11 is 1.77. The molecule has 2 rings (SSSR count). The van der Waals surface area contributed by atoms with E-state index in [9.17, 15) is 4.79 Å². The van der Waals surface area contributed by atoms with Gasteiger partial charge in [-0.2, -0.15) is 0 Å². The third-order valence-corrected chi connectivity index (χ3v) is 4.24. The van der Waals surface area contributed by atoms with Crippen LogP contribution in [0.4, 0.5) is 0 Å². The topological polar surface area (TPSA) is 41.6 Å². The van der Waals surface area contributed by atoms with Gasteiger partial charge in [0.05, 0.1) is 13.2 Å². The number of carbonyl (C=O) groups is 1. The summed E-state index contributed by atoms with van der Waals surface area (Å²) in [7, 11) is 3.54. The van der Waals surface area contributed by atoms with E-state index >= 15 is 0 Å². The predicted molar refractivity (Wildman–Crippen MR) is 78.6 cm³/mol. The third kappa shape index (κ3) is 3.64. The zero-order chi connectivity index (χ0) is 13.7. The highest BCUT2D eigenvalue weighted by molar-refractivity contribution is 7.99. The lowest BCUT2D eigenvalue weighted by atomic mass is 10.1. The molecule has 104 valence electrons. The lowest BCUT2D eigenvalue weighted by Gasteiger charge is -2.21. The van der Waals surface area contributed by atoms with E-state index in [0.717, 1.165) is 29.4 Å². The van der Waals surface area contributed by atoms with Gasteiger partial charge in [-0.05, 0) is 18.1 Å². The molecule has 1 fully saturated rings. The van der Waals surface area contributed by atoms with Crippen molar-refractivity contribution in [3.05, 3.63) is 29.8 Å². The van der Waals surface area contributed by atoms with Gasteiger partial charge in [-0.15, -0.1) is 11.8 Å². The van der Waals surface area contributed by atoms with E-state index in [1.54, 1.807) is 23.8 Å². The van der Waals surface area contributed by atoms with Gasteiger partial charge in [0.25, 0.3) is 0 Å². The molecular formula is C14H20N2O2S. The van der Waals surface area contributed by atoms with Gasteiger partial charge < -0.3 is 9.64 Å². The van der Waals surface area contributed by atoms with E-state index in [1.165, 1.54) is 0 Å². The lowest BCUT2D eigenvalue weighted by molar-refractivity contribution is -0.131. The Morgan fingerprint density at radius 2 is 2.32 bits per heavy atom. The van der Waals surface area contributed by atoms with E-state index in [-0.39, 0.29) is 11.9 Å². The van der Waals surface area contributed by atoms with Gasteiger partial charge in [0.1, 0.15) is 5.75 Å². The minimum Gasteiger partial charge on any atom is -0.496 e. The number of para-hydroxylation sites is 1. The molecule has 1 amide bonds.